The molecule has 0 radical (unpaired) electrons. The maximum Gasteiger partial charge on any atom is 0.266 e. The Bertz CT molecular complexity index is 953. The van der Waals surface area contributed by atoms with E-state index in [0.29, 0.717) is 33.9 Å². The number of carbonyl (C=O) groups excluding carboxylic acids is 1. The van der Waals surface area contributed by atoms with Crippen molar-refractivity contribution in [3.63, 3.8) is 0 Å². The molecule has 2 aromatic rings. The van der Waals surface area contributed by atoms with E-state index in [4.69, 9.17) is 21.7 Å². The van der Waals surface area contributed by atoms with E-state index in [2.05, 4.69) is 25.6 Å². The van der Waals surface area contributed by atoms with Crippen molar-refractivity contribution in [1.82, 2.24) is 4.90 Å². The lowest BCUT2D eigenvalue weighted by molar-refractivity contribution is -0.121. The summed E-state index contributed by atoms with van der Waals surface area (Å²) in [5, 5.41) is 0. The van der Waals surface area contributed by atoms with Crippen molar-refractivity contribution in [2.75, 3.05) is 13.7 Å². The van der Waals surface area contributed by atoms with Crippen LogP contribution in [-0.4, -0.2) is 28.8 Å². The van der Waals surface area contributed by atoms with E-state index in [1.54, 1.807) is 13.2 Å². The molecule has 0 saturated carbocycles. The van der Waals surface area contributed by atoms with Crippen LogP contribution in [0.2, 0.25) is 0 Å². The fourth-order valence-corrected chi connectivity index (χ4v) is 4.07. The molecule has 0 aromatic heterocycles. The summed E-state index contributed by atoms with van der Waals surface area (Å²) in [6.07, 6.45) is 3.48. The van der Waals surface area contributed by atoms with Crippen LogP contribution in [0.15, 0.2) is 60.0 Å². The second kappa shape index (κ2) is 9.08. The Labute approximate surface area is 174 Å². The lowest BCUT2D eigenvalue weighted by Gasteiger charge is -2.12. The fraction of sp³-hybridized carbons (Fsp3) is 0.182. The van der Waals surface area contributed by atoms with Gasteiger partial charge in [0.25, 0.3) is 5.91 Å². The minimum Gasteiger partial charge on any atom is -0.493 e. The molecule has 1 saturated heterocycles. The van der Waals surface area contributed by atoms with Gasteiger partial charge in [-0.1, -0.05) is 66.0 Å². The Kier molecular flexibility index (Phi) is 6.54. The standard InChI is InChI=1S/C22H21NO3S2/c1-4-10-23-21(24)20(28-22(23)27)13-16-8-9-18(19(12-16)25-3)26-14-17-7-5-6-15(2)11-17/h4-9,11-13H,1,10,14H2,2-3H3. The van der Waals surface area contributed by atoms with Crippen molar-refractivity contribution < 1.29 is 14.3 Å². The molecule has 0 bridgehead atoms. The van der Waals surface area contributed by atoms with Crippen molar-refractivity contribution in [1.29, 1.82) is 0 Å². The smallest absolute Gasteiger partial charge is 0.266 e. The predicted octanol–water partition coefficient (Wildman–Crippen LogP) is 4.97. The molecule has 144 valence electrons. The van der Waals surface area contributed by atoms with Gasteiger partial charge in [-0.3, -0.25) is 9.69 Å². The molecule has 6 heteroatoms. The molecule has 1 fully saturated rings. The van der Waals surface area contributed by atoms with Gasteiger partial charge in [-0.05, 0) is 36.3 Å². The highest BCUT2D eigenvalue weighted by atomic mass is 32.2. The van der Waals surface area contributed by atoms with Crippen LogP contribution in [0.4, 0.5) is 0 Å². The van der Waals surface area contributed by atoms with Gasteiger partial charge in [-0.15, -0.1) is 6.58 Å². The van der Waals surface area contributed by atoms with E-state index in [9.17, 15) is 4.79 Å². The molecule has 4 nitrogen and oxygen atoms in total. The Morgan fingerprint density at radius 1 is 1.21 bits per heavy atom. The first-order valence-electron chi connectivity index (χ1n) is 8.74. The third-order valence-electron chi connectivity index (χ3n) is 4.15. The summed E-state index contributed by atoms with van der Waals surface area (Å²) < 4.78 is 11.9. The zero-order chi connectivity index (χ0) is 20.1. The maximum atomic E-state index is 12.5. The molecular weight excluding hydrogens is 390 g/mol. The fourth-order valence-electron chi connectivity index (χ4n) is 2.79. The SMILES string of the molecule is C=CCN1C(=O)C(=Cc2ccc(OCc3cccc(C)c3)c(OC)c2)SC1=S. The third kappa shape index (κ3) is 4.64. The summed E-state index contributed by atoms with van der Waals surface area (Å²) in [5.41, 5.74) is 3.13. The number of rotatable bonds is 7. The van der Waals surface area contributed by atoms with Crippen molar-refractivity contribution >= 4 is 40.3 Å². The van der Waals surface area contributed by atoms with Crippen molar-refractivity contribution in [3.05, 3.63) is 76.7 Å². The minimum atomic E-state index is -0.103. The van der Waals surface area contributed by atoms with E-state index in [-0.39, 0.29) is 5.91 Å². The monoisotopic (exact) mass is 411 g/mol. The zero-order valence-electron chi connectivity index (χ0n) is 15.8. The maximum absolute atomic E-state index is 12.5. The van der Waals surface area contributed by atoms with E-state index in [0.717, 1.165) is 11.1 Å². The van der Waals surface area contributed by atoms with E-state index < -0.39 is 0 Å². The van der Waals surface area contributed by atoms with Crippen LogP contribution in [0.5, 0.6) is 11.5 Å². The van der Waals surface area contributed by atoms with E-state index >= 15 is 0 Å². The summed E-state index contributed by atoms with van der Waals surface area (Å²) in [4.78, 5) is 14.6. The molecular formula is C22H21NO3S2. The van der Waals surface area contributed by atoms with Gasteiger partial charge in [0, 0.05) is 6.54 Å². The van der Waals surface area contributed by atoms with Crippen LogP contribution in [0.25, 0.3) is 6.08 Å². The number of benzene rings is 2. The van der Waals surface area contributed by atoms with Crippen LogP contribution in [0, 0.1) is 6.92 Å². The molecule has 3 rings (SSSR count). The number of aryl methyl sites for hydroxylation is 1. The third-order valence-corrected chi connectivity index (χ3v) is 5.53. The second-order valence-corrected chi connectivity index (χ2v) is 7.94. The largest absolute Gasteiger partial charge is 0.493 e. The highest BCUT2D eigenvalue weighted by Gasteiger charge is 2.30. The van der Waals surface area contributed by atoms with Gasteiger partial charge in [0.05, 0.1) is 12.0 Å². The summed E-state index contributed by atoms with van der Waals surface area (Å²) in [5.74, 6) is 1.16. The zero-order valence-corrected chi connectivity index (χ0v) is 17.4. The van der Waals surface area contributed by atoms with Crippen LogP contribution in [0.1, 0.15) is 16.7 Å². The molecule has 0 atom stereocenters. The number of hydrogen-bond donors (Lipinski definition) is 0. The molecule has 28 heavy (non-hydrogen) atoms. The van der Waals surface area contributed by atoms with Crippen molar-refractivity contribution in [3.8, 4) is 11.5 Å². The van der Waals surface area contributed by atoms with Gasteiger partial charge in [0.1, 0.15) is 10.9 Å². The lowest BCUT2D eigenvalue weighted by atomic mass is 10.1. The summed E-state index contributed by atoms with van der Waals surface area (Å²) in [7, 11) is 1.60. The first-order chi connectivity index (χ1) is 13.5. The average Bonchev–Trinajstić information content (AvgIpc) is 2.94. The Hall–Kier alpha value is -2.57. The van der Waals surface area contributed by atoms with E-state index in [1.807, 2.05) is 36.4 Å². The number of hydrogen-bond acceptors (Lipinski definition) is 5. The highest BCUT2D eigenvalue weighted by Crippen LogP contribution is 2.34. The first kappa shape index (κ1) is 20.2. The molecule has 1 amide bonds. The van der Waals surface area contributed by atoms with Gasteiger partial charge in [0.2, 0.25) is 0 Å². The van der Waals surface area contributed by atoms with E-state index in [1.165, 1.54) is 22.2 Å². The molecule has 1 aliphatic heterocycles. The van der Waals surface area contributed by atoms with Gasteiger partial charge in [0.15, 0.2) is 11.5 Å². The molecule has 0 spiro atoms. The van der Waals surface area contributed by atoms with Gasteiger partial charge < -0.3 is 9.47 Å². The second-order valence-electron chi connectivity index (χ2n) is 6.27. The number of carbonyl (C=O) groups is 1. The molecule has 0 unspecified atom stereocenters. The normalized spacial score (nSPS) is 15.2. The first-order valence-corrected chi connectivity index (χ1v) is 9.97. The number of nitrogens with zero attached hydrogens (tertiary/aromatic N) is 1. The molecule has 0 N–H and O–H groups in total. The van der Waals surface area contributed by atoms with Gasteiger partial charge >= 0.3 is 0 Å². The van der Waals surface area contributed by atoms with Crippen LogP contribution in [0.3, 0.4) is 0 Å². The lowest BCUT2D eigenvalue weighted by Crippen LogP contribution is -2.27. The quantitative estimate of drug-likeness (QED) is 0.365. The molecule has 1 heterocycles. The topological polar surface area (TPSA) is 38.8 Å². The van der Waals surface area contributed by atoms with Gasteiger partial charge in [-0.25, -0.2) is 0 Å². The van der Waals surface area contributed by atoms with Crippen molar-refractivity contribution in [2.45, 2.75) is 13.5 Å². The number of thioether (sulfide) groups is 1. The summed E-state index contributed by atoms with van der Waals surface area (Å²) in [6, 6.07) is 13.8. The van der Waals surface area contributed by atoms with Crippen molar-refractivity contribution in [2.24, 2.45) is 0 Å². The Morgan fingerprint density at radius 2 is 2.04 bits per heavy atom. The highest BCUT2D eigenvalue weighted by molar-refractivity contribution is 8.26. The number of methoxy groups -OCH3 is 1. The number of thiocarbonyl (C=S) groups is 1. The number of amides is 1. The molecule has 1 aliphatic rings. The number of ether oxygens (including phenoxy) is 2. The molecule has 2 aromatic carbocycles. The Morgan fingerprint density at radius 3 is 2.75 bits per heavy atom. The van der Waals surface area contributed by atoms with Crippen LogP contribution >= 0.6 is 24.0 Å². The Balaban J connectivity index is 1.77. The summed E-state index contributed by atoms with van der Waals surface area (Å²) in [6.45, 7) is 6.59. The minimum absolute atomic E-state index is 0.103. The molecule has 0 aliphatic carbocycles. The van der Waals surface area contributed by atoms with Crippen LogP contribution in [-0.2, 0) is 11.4 Å². The summed E-state index contributed by atoms with van der Waals surface area (Å²) >= 11 is 6.56. The average molecular weight is 412 g/mol. The predicted molar refractivity (Wildman–Crippen MR) is 119 cm³/mol. The van der Waals surface area contributed by atoms with Gasteiger partial charge in [-0.2, -0.15) is 0 Å². The van der Waals surface area contributed by atoms with Crippen LogP contribution < -0.4 is 9.47 Å².